The van der Waals surface area contributed by atoms with Crippen LogP contribution < -0.4 is 9.47 Å². The van der Waals surface area contributed by atoms with Gasteiger partial charge in [0.25, 0.3) is 0 Å². The summed E-state index contributed by atoms with van der Waals surface area (Å²) in [5.41, 5.74) is 3.34. The molecule has 1 heterocycles. The summed E-state index contributed by atoms with van der Waals surface area (Å²) in [6.07, 6.45) is 5.65. The van der Waals surface area contributed by atoms with Crippen LogP contribution in [0.4, 0.5) is 0 Å². The van der Waals surface area contributed by atoms with Crippen LogP contribution in [0, 0.1) is 11.3 Å². The highest BCUT2D eigenvalue weighted by Gasteiger charge is 2.12. The average molecular weight is 391 g/mol. The van der Waals surface area contributed by atoms with Gasteiger partial charge in [0.2, 0.25) is 0 Å². The van der Waals surface area contributed by atoms with E-state index in [1.165, 1.54) is 5.56 Å². The Labute approximate surface area is 169 Å². The minimum Gasteiger partial charge on any atom is -0.493 e. The first-order valence-corrected chi connectivity index (χ1v) is 9.90. The molecule has 0 atom stereocenters. The number of imidazole rings is 1. The standard InChI is InChI=1S/C22H21N3O2S/c1-26-20-10-9-17(12-21(20)27-2)18(13-23)11-19-14-24-22(28-3)25(19)15-16-7-5-4-6-8-16/h4-12,14H,15H2,1-3H3/b18-11+. The van der Waals surface area contributed by atoms with Gasteiger partial charge in [-0.1, -0.05) is 42.1 Å². The summed E-state index contributed by atoms with van der Waals surface area (Å²) in [6.45, 7) is 0.688. The number of rotatable bonds is 7. The molecule has 0 fully saturated rings. The Morgan fingerprint density at radius 3 is 2.54 bits per heavy atom. The van der Waals surface area contributed by atoms with Crippen molar-refractivity contribution in [2.45, 2.75) is 11.7 Å². The van der Waals surface area contributed by atoms with Gasteiger partial charge in [-0.3, -0.25) is 0 Å². The zero-order valence-corrected chi connectivity index (χ0v) is 16.9. The smallest absolute Gasteiger partial charge is 0.168 e. The molecule has 1 aromatic heterocycles. The highest BCUT2D eigenvalue weighted by molar-refractivity contribution is 7.98. The largest absolute Gasteiger partial charge is 0.493 e. The molecule has 2 aromatic carbocycles. The first-order chi connectivity index (χ1) is 13.7. The predicted octanol–water partition coefficient (Wildman–Crippen LogP) is 4.73. The monoisotopic (exact) mass is 391 g/mol. The van der Waals surface area contributed by atoms with Gasteiger partial charge in [0, 0.05) is 0 Å². The molecule has 0 bridgehead atoms. The van der Waals surface area contributed by atoms with Crippen LogP contribution >= 0.6 is 11.8 Å². The fraction of sp³-hybridized carbons (Fsp3) is 0.182. The zero-order chi connectivity index (χ0) is 19.9. The number of ether oxygens (including phenoxy) is 2. The van der Waals surface area contributed by atoms with Crippen molar-refractivity contribution >= 4 is 23.4 Å². The van der Waals surface area contributed by atoms with Crippen LogP contribution in [0.5, 0.6) is 11.5 Å². The summed E-state index contributed by atoms with van der Waals surface area (Å²) >= 11 is 1.58. The second kappa shape index (κ2) is 9.16. The van der Waals surface area contributed by atoms with Gasteiger partial charge < -0.3 is 14.0 Å². The lowest BCUT2D eigenvalue weighted by molar-refractivity contribution is 0.355. The molecule has 0 aliphatic heterocycles. The van der Waals surface area contributed by atoms with Gasteiger partial charge in [-0.15, -0.1) is 0 Å². The molecule has 142 valence electrons. The van der Waals surface area contributed by atoms with Gasteiger partial charge in [0.05, 0.1) is 44.3 Å². The SMILES string of the molecule is COc1ccc(/C(C#N)=C/c2cnc(SC)n2Cc2ccccc2)cc1OC. The minimum absolute atomic E-state index is 0.530. The van der Waals surface area contributed by atoms with E-state index in [2.05, 4.69) is 27.8 Å². The van der Waals surface area contributed by atoms with Crippen molar-refractivity contribution in [1.82, 2.24) is 9.55 Å². The number of benzene rings is 2. The van der Waals surface area contributed by atoms with E-state index in [1.807, 2.05) is 36.6 Å². The molecule has 3 aromatic rings. The highest BCUT2D eigenvalue weighted by atomic mass is 32.2. The Bertz CT molecular complexity index is 1020. The van der Waals surface area contributed by atoms with Crippen LogP contribution in [0.2, 0.25) is 0 Å². The third-order valence-corrected chi connectivity index (χ3v) is 5.01. The third kappa shape index (κ3) is 4.21. The lowest BCUT2D eigenvalue weighted by atomic mass is 10.1. The van der Waals surface area contributed by atoms with E-state index in [-0.39, 0.29) is 0 Å². The highest BCUT2D eigenvalue weighted by Crippen LogP contribution is 2.31. The summed E-state index contributed by atoms with van der Waals surface area (Å²) in [4.78, 5) is 4.50. The van der Waals surface area contributed by atoms with Crippen molar-refractivity contribution in [3.63, 3.8) is 0 Å². The van der Waals surface area contributed by atoms with Crippen LogP contribution in [-0.2, 0) is 6.54 Å². The van der Waals surface area contributed by atoms with Crippen molar-refractivity contribution in [3.05, 3.63) is 71.5 Å². The van der Waals surface area contributed by atoms with E-state index >= 15 is 0 Å². The van der Waals surface area contributed by atoms with Crippen LogP contribution in [-0.4, -0.2) is 30.0 Å². The van der Waals surface area contributed by atoms with Crippen molar-refractivity contribution < 1.29 is 9.47 Å². The number of methoxy groups -OCH3 is 2. The summed E-state index contributed by atoms with van der Waals surface area (Å²) in [7, 11) is 3.17. The van der Waals surface area contributed by atoms with Gasteiger partial charge in [0.15, 0.2) is 16.7 Å². The molecular formula is C22H21N3O2S. The van der Waals surface area contributed by atoms with Crippen LogP contribution in [0.25, 0.3) is 11.6 Å². The molecule has 28 heavy (non-hydrogen) atoms. The van der Waals surface area contributed by atoms with E-state index in [9.17, 15) is 5.26 Å². The number of aromatic nitrogens is 2. The van der Waals surface area contributed by atoms with E-state index in [4.69, 9.17) is 9.47 Å². The molecule has 0 spiro atoms. The fourth-order valence-electron chi connectivity index (χ4n) is 2.91. The first kappa shape index (κ1) is 19.6. The maximum absolute atomic E-state index is 9.75. The first-order valence-electron chi connectivity index (χ1n) is 8.67. The Hall–Kier alpha value is -3.17. The van der Waals surface area contributed by atoms with Crippen molar-refractivity contribution in [3.8, 4) is 17.6 Å². The normalized spacial score (nSPS) is 11.1. The second-order valence-electron chi connectivity index (χ2n) is 5.98. The molecular weight excluding hydrogens is 370 g/mol. The van der Waals surface area contributed by atoms with E-state index < -0.39 is 0 Å². The Kier molecular flexibility index (Phi) is 6.41. The van der Waals surface area contributed by atoms with Crippen LogP contribution in [0.15, 0.2) is 59.9 Å². The number of nitriles is 1. The van der Waals surface area contributed by atoms with Crippen molar-refractivity contribution in [1.29, 1.82) is 5.26 Å². The third-order valence-electron chi connectivity index (χ3n) is 4.32. The fourth-order valence-corrected chi connectivity index (χ4v) is 3.45. The van der Waals surface area contributed by atoms with Gasteiger partial charge in [-0.25, -0.2) is 4.98 Å². The summed E-state index contributed by atoms with van der Waals surface area (Å²) in [6, 6.07) is 17.9. The molecule has 0 saturated heterocycles. The molecule has 6 heteroatoms. The Morgan fingerprint density at radius 1 is 1.14 bits per heavy atom. The molecule has 0 aliphatic rings. The van der Waals surface area contributed by atoms with E-state index in [0.29, 0.717) is 23.6 Å². The number of allylic oxidation sites excluding steroid dienone is 1. The van der Waals surface area contributed by atoms with E-state index in [1.54, 1.807) is 44.3 Å². The minimum atomic E-state index is 0.530. The number of thioether (sulfide) groups is 1. The van der Waals surface area contributed by atoms with Crippen molar-refractivity contribution in [2.24, 2.45) is 0 Å². The van der Waals surface area contributed by atoms with Gasteiger partial charge >= 0.3 is 0 Å². The average Bonchev–Trinajstić information content (AvgIpc) is 3.13. The maximum Gasteiger partial charge on any atom is 0.168 e. The molecule has 0 N–H and O–H groups in total. The Balaban J connectivity index is 2.02. The molecule has 0 amide bonds. The van der Waals surface area contributed by atoms with Crippen molar-refractivity contribution in [2.75, 3.05) is 20.5 Å². The summed E-state index contributed by atoms with van der Waals surface area (Å²) in [5, 5.41) is 10.7. The molecule has 0 saturated carbocycles. The topological polar surface area (TPSA) is 60.1 Å². The quantitative estimate of drug-likeness (QED) is 0.430. The summed E-state index contributed by atoms with van der Waals surface area (Å²) in [5.74, 6) is 1.21. The number of hydrogen-bond acceptors (Lipinski definition) is 5. The molecule has 0 aliphatic carbocycles. The molecule has 0 radical (unpaired) electrons. The number of hydrogen-bond donors (Lipinski definition) is 0. The molecule has 0 unspecified atom stereocenters. The summed E-state index contributed by atoms with van der Waals surface area (Å²) < 4.78 is 12.8. The van der Waals surface area contributed by atoms with Gasteiger partial charge in [0.1, 0.15) is 0 Å². The van der Waals surface area contributed by atoms with Crippen LogP contribution in [0.1, 0.15) is 16.8 Å². The second-order valence-corrected chi connectivity index (χ2v) is 6.75. The molecule has 5 nitrogen and oxygen atoms in total. The molecule has 3 rings (SSSR count). The predicted molar refractivity (Wildman–Crippen MR) is 113 cm³/mol. The van der Waals surface area contributed by atoms with Gasteiger partial charge in [-0.05, 0) is 41.7 Å². The van der Waals surface area contributed by atoms with Gasteiger partial charge in [-0.2, -0.15) is 5.26 Å². The van der Waals surface area contributed by atoms with E-state index in [0.717, 1.165) is 16.4 Å². The zero-order valence-electron chi connectivity index (χ0n) is 16.0. The number of nitrogens with zero attached hydrogens (tertiary/aromatic N) is 3. The van der Waals surface area contributed by atoms with Crippen LogP contribution in [0.3, 0.4) is 0 Å². The maximum atomic E-state index is 9.75. The lowest BCUT2D eigenvalue weighted by Gasteiger charge is -2.11. The lowest BCUT2D eigenvalue weighted by Crippen LogP contribution is -2.03. The Morgan fingerprint density at radius 2 is 1.89 bits per heavy atom.